The minimum absolute atomic E-state index is 0.257. The molecule has 1 unspecified atom stereocenters. The summed E-state index contributed by atoms with van der Waals surface area (Å²) in [6.45, 7) is 6.15. The number of nitrogens with zero attached hydrogens (tertiary/aromatic N) is 5. The summed E-state index contributed by atoms with van der Waals surface area (Å²) in [5.41, 5.74) is 3.85. The molecule has 10 nitrogen and oxygen atoms in total. The molecule has 0 fully saturated rings. The summed E-state index contributed by atoms with van der Waals surface area (Å²) in [5, 5.41) is 6.24. The van der Waals surface area contributed by atoms with Crippen LogP contribution in [-0.2, 0) is 4.79 Å². The largest absolute Gasteiger partial charge is 0.477 e. The minimum Gasteiger partial charge on any atom is -0.477 e. The first-order chi connectivity index (χ1) is 17.5. The Morgan fingerprint density at radius 3 is 3.03 bits per heavy atom. The van der Waals surface area contributed by atoms with Gasteiger partial charge in [-0.2, -0.15) is 4.99 Å². The molecule has 0 aliphatic carbocycles. The molecule has 2 aromatic heterocycles. The van der Waals surface area contributed by atoms with Crippen LogP contribution in [0.1, 0.15) is 28.9 Å². The van der Waals surface area contributed by atoms with Crippen molar-refractivity contribution in [2.45, 2.75) is 25.8 Å². The molecule has 182 valence electrons. The van der Waals surface area contributed by atoms with E-state index in [1.165, 1.54) is 12.4 Å². The van der Waals surface area contributed by atoms with E-state index in [9.17, 15) is 9.59 Å². The SMILES string of the molecule is C=CC(=O)NC1CCCOc2ncncc2-c2cc(cc(C)n2)C(=O)/N=C2\Nc3ccccc3N2C1. The van der Waals surface area contributed by atoms with Gasteiger partial charge in [0.1, 0.15) is 6.33 Å². The first-order valence-corrected chi connectivity index (χ1v) is 11.6. The van der Waals surface area contributed by atoms with Crippen molar-refractivity contribution in [3.05, 3.63) is 72.8 Å². The topological polar surface area (TPSA) is 122 Å². The molecule has 10 heteroatoms. The lowest BCUT2D eigenvalue weighted by Gasteiger charge is -2.26. The number of para-hydroxylation sites is 2. The van der Waals surface area contributed by atoms with Crippen LogP contribution in [0.4, 0.5) is 11.4 Å². The summed E-state index contributed by atoms with van der Waals surface area (Å²) in [5.74, 6) is 0.0722. The van der Waals surface area contributed by atoms with E-state index in [4.69, 9.17) is 4.74 Å². The van der Waals surface area contributed by atoms with E-state index in [0.29, 0.717) is 60.3 Å². The fourth-order valence-electron chi connectivity index (χ4n) is 4.28. The molecule has 2 amide bonds. The van der Waals surface area contributed by atoms with Gasteiger partial charge in [-0.05, 0) is 50.1 Å². The first-order valence-electron chi connectivity index (χ1n) is 11.6. The third-order valence-electron chi connectivity index (χ3n) is 5.93. The van der Waals surface area contributed by atoms with E-state index in [2.05, 4.69) is 37.2 Å². The molecule has 0 saturated heterocycles. The molecule has 1 aromatic carbocycles. The van der Waals surface area contributed by atoms with E-state index in [1.807, 2.05) is 36.1 Å². The number of pyridine rings is 1. The van der Waals surface area contributed by atoms with Gasteiger partial charge in [-0.25, -0.2) is 9.97 Å². The van der Waals surface area contributed by atoms with Gasteiger partial charge in [-0.15, -0.1) is 0 Å². The van der Waals surface area contributed by atoms with Crippen LogP contribution in [0.25, 0.3) is 11.3 Å². The number of aliphatic imine (C=N–C) groups is 1. The van der Waals surface area contributed by atoms with Crippen molar-refractivity contribution in [2.75, 3.05) is 23.4 Å². The number of anilines is 2. The zero-order valence-corrected chi connectivity index (χ0v) is 19.8. The highest BCUT2D eigenvalue weighted by molar-refractivity contribution is 6.19. The van der Waals surface area contributed by atoms with Crippen LogP contribution in [0.15, 0.2) is 66.6 Å². The second-order valence-corrected chi connectivity index (χ2v) is 8.52. The number of nitrogens with one attached hydrogen (secondary N) is 2. The number of fused-ring (bicyclic) bond motifs is 7. The number of guanidine groups is 1. The average molecular weight is 484 g/mol. The molecule has 0 radical (unpaired) electrons. The quantitative estimate of drug-likeness (QED) is 0.533. The van der Waals surface area contributed by atoms with Gasteiger partial charge in [-0.1, -0.05) is 18.7 Å². The number of rotatable bonds is 2. The summed E-state index contributed by atoms with van der Waals surface area (Å²) in [4.78, 5) is 44.9. The Morgan fingerprint density at radius 1 is 1.31 bits per heavy atom. The van der Waals surface area contributed by atoms with E-state index in [-0.39, 0.29) is 11.9 Å². The maximum atomic E-state index is 13.4. The van der Waals surface area contributed by atoms with Crippen LogP contribution in [-0.4, -0.2) is 51.9 Å². The lowest BCUT2D eigenvalue weighted by atomic mass is 10.1. The van der Waals surface area contributed by atoms with Crippen LogP contribution in [0, 0.1) is 6.92 Å². The molecule has 2 bridgehead atoms. The van der Waals surface area contributed by atoms with Gasteiger partial charge in [0.2, 0.25) is 17.7 Å². The number of aromatic nitrogens is 3. The smallest absolute Gasteiger partial charge is 0.280 e. The first kappa shape index (κ1) is 23.2. The van der Waals surface area contributed by atoms with Crippen molar-refractivity contribution in [3.63, 3.8) is 0 Å². The minimum atomic E-state index is -0.428. The highest BCUT2D eigenvalue weighted by atomic mass is 16.5. The molecular formula is C26H25N7O3. The molecule has 2 aliphatic rings. The van der Waals surface area contributed by atoms with Crippen molar-refractivity contribution < 1.29 is 14.3 Å². The summed E-state index contributed by atoms with van der Waals surface area (Å²) < 4.78 is 5.99. The van der Waals surface area contributed by atoms with E-state index in [1.54, 1.807) is 18.3 Å². The molecule has 36 heavy (non-hydrogen) atoms. The Kier molecular flexibility index (Phi) is 6.40. The summed E-state index contributed by atoms with van der Waals surface area (Å²) in [6.07, 6.45) is 5.53. The fourth-order valence-corrected chi connectivity index (χ4v) is 4.28. The molecule has 5 rings (SSSR count). The van der Waals surface area contributed by atoms with Crippen molar-refractivity contribution >= 4 is 29.1 Å². The highest BCUT2D eigenvalue weighted by Gasteiger charge is 2.29. The molecule has 1 atom stereocenters. The van der Waals surface area contributed by atoms with Crippen LogP contribution in [0.3, 0.4) is 0 Å². The molecule has 2 N–H and O–H groups in total. The summed E-state index contributed by atoms with van der Waals surface area (Å²) >= 11 is 0. The van der Waals surface area contributed by atoms with E-state index >= 15 is 0 Å². The summed E-state index contributed by atoms with van der Waals surface area (Å²) in [6, 6.07) is 10.8. The number of ether oxygens (including phenoxy) is 1. The van der Waals surface area contributed by atoms with Crippen LogP contribution < -0.4 is 20.3 Å². The number of benzene rings is 1. The molecular weight excluding hydrogens is 458 g/mol. The predicted octanol–water partition coefficient (Wildman–Crippen LogP) is 3.12. The van der Waals surface area contributed by atoms with Crippen LogP contribution in [0.5, 0.6) is 5.88 Å². The Bertz CT molecular complexity index is 1370. The zero-order valence-electron chi connectivity index (χ0n) is 19.8. The number of hydrogen-bond donors (Lipinski definition) is 2. The molecule has 2 aliphatic heterocycles. The average Bonchev–Trinajstić information content (AvgIpc) is 3.22. The lowest BCUT2D eigenvalue weighted by Crippen LogP contribution is -2.45. The Balaban J connectivity index is 1.59. The van der Waals surface area contributed by atoms with Gasteiger partial charge < -0.3 is 20.3 Å². The predicted molar refractivity (Wildman–Crippen MR) is 136 cm³/mol. The Hall–Kier alpha value is -4.60. The number of carbonyl (C=O) groups is 2. The maximum absolute atomic E-state index is 13.4. The summed E-state index contributed by atoms with van der Waals surface area (Å²) in [7, 11) is 0. The van der Waals surface area contributed by atoms with Gasteiger partial charge in [0.15, 0.2) is 0 Å². The maximum Gasteiger partial charge on any atom is 0.280 e. The Labute approximate surface area is 208 Å². The zero-order chi connectivity index (χ0) is 25.1. The van der Waals surface area contributed by atoms with Crippen LogP contribution in [0.2, 0.25) is 0 Å². The fraction of sp³-hybridized carbons (Fsp3) is 0.231. The molecule has 3 aromatic rings. The monoisotopic (exact) mass is 483 g/mol. The van der Waals surface area contributed by atoms with Crippen molar-refractivity contribution in [1.82, 2.24) is 20.3 Å². The van der Waals surface area contributed by atoms with Gasteiger partial charge in [0.25, 0.3) is 5.91 Å². The standard InChI is InChI=1S/C26H25N7O3/c1-3-23(34)30-18-7-6-10-36-25-19(13-27-15-28-25)21-12-17(11-16(2)29-21)24(35)32-26-31-20-8-4-5-9-22(20)33(26)14-18/h3-5,8-9,11-13,15,18H,1,6-7,10,14H2,2H3,(H,30,34)(H,31,32,35). The van der Waals surface area contributed by atoms with Crippen molar-refractivity contribution in [3.8, 4) is 17.1 Å². The second kappa shape index (κ2) is 9.95. The van der Waals surface area contributed by atoms with Crippen LogP contribution >= 0.6 is 0 Å². The number of aryl methyl sites for hydroxylation is 1. The van der Waals surface area contributed by atoms with Gasteiger partial charge in [0, 0.05) is 30.0 Å². The second-order valence-electron chi connectivity index (χ2n) is 8.52. The molecule has 0 spiro atoms. The van der Waals surface area contributed by atoms with Gasteiger partial charge >= 0.3 is 0 Å². The van der Waals surface area contributed by atoms with E-state index < -0.39 is 5.91 Å². The van der Waals surface area contributed by atoms with Crippen molar-refractivity contribution in [2.24, 2.45) is 4.99 Å². The van der Waals surface area contributed by atoms with Crippen molar-refractivity contribution in [1.29, 1.82) is 0 Å². The Morgan fingerprint density at radius 2 is 2.17 bits per heavy atom. The highest BCUT2D eigenvalue weighted by Crippen LogP contribution is 2.33. The number of hydrogen-bond acceptors (Lipinski definition) is 8. The van der Waals surface area contributed by atoms with Gasteiger partial charge in [0.05, 0.1) is 29.2 Å². The number of carbonyl (C=O) groups excluding carboxylic acids is 2. The third-order valence-corrected chi connectivity index (χ3v) is 5.93. The van der Waals surface area contributed by atoms with Gasteiger partial charge in [-0.3, -0.25) is 14.6 Å². The van der Waals surface area contributed by atoms with E-state index in [0.717, 1.165) is 11.4 Å². The third kappa shape index (κ3) is 4.78. The normalized spacial score (nSPS) is 18.6. The molecule has 0 saturated carbocycles. The lowest BCUT2D eigenvalue weighted by molar-refractivity contribution is -0.117. The molecule has 4 heterocycles. The number of amides is 2.